The normalized spacial score (nSPS) is 14.7. The maximum absolute atomic E-state index is 12.5. The highest BCUT2D eigenvalue weighted by Crippen LogP contribution is 2.27. The average molecular weight is 355 g/mol. The molecule has 0 bridgehead atoms. The number of nitrogens with two attached hydrogens (primary N) is 1. The maximum atomic E-state index is 12.5. The molecule has 0 atom stereocenters. The molecule has 0 radical (unpaired) electrons. The second-order valence-electron chi connectivity index (χ2n) is 6.36. The molecule has 5 nitrogen and oxygen atoms in total. The fourth-order valence-electron chi connectivity index (χ4n) is 3.44. The van der Waals surface area contributed by atoms with Gasteiger partial charge in [-0.25, -0.2) is 9.59 Å². The quantitative estimate of drug-likeness (QED) is 0.428. The predicted octanol–water partition coefficient (Wildman–Crippen LogP) is 1.50. The number of carbonyl (C=O) groups excluding carboxylic acids is 2. The number of benzene rings is 3. The Bertz CT molecular complexity index is 1240. The van der Waals surface area contributed by atoms with E-state index >= 15 is 0 Å². The van der Waals surface area contributed by atoms with Crippen LogP contribution >= 0.6 is 0 Å². The molecule has 0 unspecified atom stereocenters. The van der Waals surface area contributed by atoms with E-state index in [0.29, 0.717) is 44.3 Å². The van der Waals surface area contributed by atoms with Crippen LogP contribution in [0, 0.1) is 0 Å². The van der Waals surface area contributed by atoms with Crippen LogP contribution in [0.1, 0.15) is 11.1 Å². The number of ether oxygens (including phenoxy) is 2. The fraction of sp³-hybridized carbons (Fsp3) is 0. The smallest absolute Gasteiger partial charge is 0.344 e. The van der Waals surface area contributed by atoms with Gasteiger partial charge in [-0.1, -0.05) is 42.5 Å². The monoisotopic (exact) mass is 355 g/mol. The van der Waals surface area contributed by atoms with Gasteiger partial charge in [0.15, 0.2) is 0 Å². The third-order valence-corrected chi connectivity index (χ3v) is 4.70. The molecule has 2 N–H and O–H groups in total. The predicted molar refractivity (Wildman–Crippen MR) is 99.3 cm³/mol. The Labute approximate surface area is 154 Å². The lowest BCUT2D eigenvalue weighted by molar-refractivity contribution is -0.128. The van der Waals surface area contributed by atoms with E-state index in [0.717, 1.165) is 5.56 Å². The van der Waals surface area contributed by atoms with Crippen molar-refractivity contribution in [1.82, 2.24) is 0 Å². The lowest BCUT2D eigenvalue weighted by atomic mass is 10.0. The lowest BCUT2D eigenvalue weighted by Gasteiger charge is -2.00. The van der Waals surface area contributed by atoms with Gasteiger partial charge in [-0.3, -0.25) is 0 Å². The van der Waals surface area contributed by atoms with Gasteiger partial charge in [0.2, 0.25) is 0 Å². The molecular formula is C22H13NO4. The van der Waals surface area contributed by atoms with Crippen molar-refractivity contribution >= 4 is 28.8 Å². The Morgan fingerprint density at radius 1 is 0.630 bits per heavy atom. The number of hydrogen-bond acceptors (Lipinski definition) is 5. The first kappa shape index (κ1) is 15.4. The van der Waals surface area contributed by atoms with Gasteiger partial charge >= 0.3 is 11.9 Å². The summed E-state index contributed by atoms with van der Waals surface area (Å²) >= 11 is 0. The van der Waals surface area contributed by atoms with Gasteiger partial charge in [-0.2, -0.15) is 0 Å². The van der Waals surface area contributed by atoms with Crippen molar-refractivity contribution in [2.75, 3.05) is 5.73 Å². The third-order valence-electron chi connectivity index (χ3n) is 4.70. The van der Waals surface area contributed by atoms with E-state index in [1.165, 1.54) is 0 Å². The van der Waals surface area contributed by atoms with E-state index in [2.05, 4.69) is 0 Å². The number of fused-ring (bicyclic) bond motifs is 2. The molecule has 0 aromatic heterocycles. The van der Waals surface area contributed by atoms with E-state index in [4.69, 9.17) is 15.2 Å². The van der Waals surface area contributed by atoms with Crippen LogP contribution in [-0.4, -0.2) is 11.9 Å². The van der Waals surface area contributed by atoms with Crippen LogP contribution in [-0.2, 0) is 9.59 Å². The summed E-state index contributed by atoms with van der Waals surface area (Å²) in [6.07, 6.45) is 0. The fourth-order valence-corrected chi connectivity index (χ4v) is 3.44. The van der Waals surface area contributed by atoms with Crippen molar-refractivity contribution < 1.29 is 19.1 Å². The summed E-state index contributed by atoms with van der Waals surface area (Å²) in [5.74, 6) is -0.0209. The van der Waals surface area contributed by atoms with Crippen LogP contribution in [0.3, 0.4) is 0 Å². The zero-order valence-corrected chi connectivity index (χ0v) is 14.1. The maximum Gasteiger partial charge on any atom is 0.344 e. The minimum atomic E-state index is -0.439. The van der Waals surface area contributed by atoms with E-state index < -0.39 is 11.9 Å². The Morgan fingerprint density at radius 2 is 1.11 bits per heavy atom. The first-order valence-electron chi connectivity index (χ1n) is 8.40. The van der Waals surface area contributed by atoms with Gasteiger partial charge in [0.1, 0.15) is 11.5 Å². The molecule has 2 aliphatic heterocycles. The van der Waals surface area contributed by atoms with Gasteiger partial charge in [0, 0.05) is 16.1 Å². The number of esters is 2. The minimum Gasteiger partial charge on any atom is -0.422 e. The van der Waals surface area contributed by atoms with Crippen LogP contribution in [0.2, 0.25) is 0 Å². The highest BCUT2D eigenvalue weighted by atomic mass is 16.5. The summed E-state index contributed by atoms with van der Waals surface area (Å²) in [5, 5.41) is 1.22. The SMILES string of the molecule is Nc1ccc(C2=c3cc4c(cc3OC2=O)=C(c2ccccc2)C(=O)O4)cc1. The summed E-state index contributed by atoms with van der Waals surface area (Å²) in [4.78, 5) is 24.9. The zero-order chi connectivity index (χ0) is 18.5. The van der Waals surface area contributed by atoms with Crippen molar-refractivity contribution in [3.8, 4) is 11.5 Å². The average Bonchev–Trinajstić information content (AvgIpc) is 3.15. The number of hydrogen-bond donors (Lipinski definition) is 1. The molecular weight excluding hydrogens is 342 g/mol. The molecule has 2 heterocycles. The molecule has 0 amide bonds. The minimum absolute atomic E-state index is 0.414. The van der Waals surface area contributed by atoms with Crippen molar-refractivity contribution in [2.24, 2.45) is 0 Å². The van der Waals surface area contributed by atoms with Crippen molar-refractivity contribution in [1.29, 1.82) is 0 Å². The third kappa shape index (κ3) is 2.33. The number of carbonyl (C=O) groups is 2. The number of rotatable bonds is 2. The summed E-state index contributed by atoms with van der Waals surface area (Å²) < 4.78 is 10.9. The Kier molecular flexibility index (Phi) is 3.18. The summed E-state index contributed by atoms with van der Waals surface area (Å²) in [6, 6.07) is 19.6. The van der Waals surface area contributed by atoms with Crippen LogP contribution in [0.15, 0.2) is 66.7 Å². The van der Waals surface area contributed by atoms with Gasteiger partial charge in [-0.15, -0.1) is 0 Å². The molecule has 0 saturated carbocycles. The van der Waals surface area contributed by atoms with E-state index in [-0.39, 0.29) is 0 Å². The lowest BCUT2D eigenvalue weighted by Crippen LogP contribution is -2.11. The Balaban J connectivity index is 1.78. The van der Waals surface area contributed by atoms with Crippen LogP contribution in [0.5, 0.6) is 11.5 Å². The first-order chi connectivity index (χ1) is 13.1. The molecule has 3 aromatic carbocycles. The standard InChI is InChI=1S/C22H13NO4/c23-14-8-6-13(7-9-14)20-16-11-17-15(10-18(16)27-22(20)25)19(21(24)26-17)12-4-2-1-3-5-12/h1-11H,23H2. The molecule has 0 aliphatic carbocycles. The van der Waals surface area contributed by atoms with Gasteiger partial charge in [0.25, 0.3) is 0 Å². The van der Waals surface area contributed by atoms with Crippen molar-refractivity contribution in [3.05, 3.63) is 88.3 Å². The van der Waals surface area contributed by atoms with Crippen molar-refractivity contribution in [3.63, 3.8) is 0 Å². The Morgan fingerprint density at radius 3 is 1.63 bits per heavy atom. The molecule has 2 aliphatic rings. The topological polar surface area (TPSA) is 78.6 Å². The second kappa shape index (κ2) is 5.57. The highest BCUT2D eigenvalue weighted by Gasteiger charge is 2.30. The highest BCUT2D eigenvalue weighted by molar-refractivity contribution is 6.21. The number of nitrogen functional groups attached to an aromatic ring is 1. The molecule has 3 aromatic rings. The molecule has 5 rings (SSSR count). The van der Waals surface area contributed by atoms with Gasteiger partial charge in [0.05, 0.1) is 11.1 Å². The molecule has 0 fully saturated rings. The van der Waals surface area contributed by atoms with Gasteiger partial charge < -0.3 is 15.2 Å². The van der Waals surface area contributed by atoms with E-state index in [1.54, 1.807) is 36.4 Å². The summed E-state index contributed by atoms with van der Waals surface area (Å²) in [5.41, 5.74) is 8.68. The zero-order valence-electron chi connectivity index (χ0n) is 14.1. The van der Waals surface area contributed by atoms with E-state index in [1.807, 2.05) is 30.3 Å². The number of anilines is 1. The van der Waals surface area contributed by atoms with Crippen LogP contribution in [0.4, 0.5) is 5.69 Å². The van der Waals surface area contributed by atoms with Gasteiger partial charge in [-0.05, 0) is 35.4 Å². The van der Waals surface area contributed by atoms with E-state index in [9.17, 15) is 9.59 Å². The Hall–Kier alpha value is -3.86. The van der Waals surface area contributed by atoms with Crippen molar-refractivity contribution in [2.45, 2.75) is 0 Å². The molecule has 27 heavy (non-hydrogen) atoms. The second-order valence-corrected chi connectivity index (χ2v) is 6.36. The molecule has 5 heteroatoms. The van der Waals surface area contributed by atoms with Crippen LogP contribution in [0.25, 0.3) is 11.1 Å². The molecule has 0 saturated heterocycles. The first-order valence-corrected chi connectivity index (χ1v) is 8.40. The summed E-state index contributed by atoms with van der Waals surface area (Å²) in [6.45, 7) is 0. The molecule has 0 spiro atoms. The van der Waals surface area contributed by atoms with Crippen LogP contribution < -0.4 is 25.6 Å². The molecule has 130 valence electrons. The summed E-state index contributed by atoms with van der Waals surface area (Å²) in [7, 11) is 0. The largest absolute Gasteiger partial charge is 0.422 e.